The van der Waals surface area contributed by atoms with Crippen molar-refractivity contribution >= 4 is 0 Å². The first-order chi connectivity index (χ1) is 5.81. The van der Waals surface area contributed by atoms with Crippen LogP contribution < -0.4 is 5.32 Å². The van der Waals surface area contributed by atoms with Gasteiger partial charge in [-0.15, -0.1) is 0 Å². The molecule has 0 saturated carbocycles. The molecular weight excluding hydrogens is 154 g/mol. The summed E-state index contributed by atoms with van der Waals surface area (Å²) in [6.07, 6.45) is 2.47. The molecule has 0 radical (unpaired) electrons. The monoisotopic (exact) mass is 171 g/mol. The summed E-state index contributed by atoms with van der Waals surface area (Å²) in [7, 11) is 0. The first-order valence-corrected chi connectivity index (χ1v) is 4.80. The van der Waals surface area contributed by atoms with Gasteiger partial charge in [0.1, 0.15) is 0 Å². The molecule has 1 atom stereocenters. The minimum Gasteiger partial charge on any atom is -0.347 e. The van der Waals surface area contributed by atoms with Crippen LogP contribution in [0.4, 0.5) is 0 Å². The quantitative estimate of drug-likeness (QED) is 0.631. The second-order valence-electron chi connectivity index (χ2n) is 3.76. The zero-order valence-electron chi connectivity index (χ0n) is 7.64. The molecule has 2 saturated heterocycles. The van der Waals surface area contributed by atoms with E-state index in [9.17, 15) is 0 Å². The van der Waals surface area contributed by atoms with Crippen molar-refractivity contribution in [2.45, 2.75) is 25.6 Å². The molecule has 0 aromatic heterocycles. The van der Waals surface area contributed by atoms with Crippen molar-refractivity contribution in [1.29, 1.82) is 0 Å². The molecule has 2 fully saturated rings. The molecule has 0 unspecified atom stereocenters. The zero-order chi connectivity index (χ0) is 8.44. The van der Waals surface area contributed by atoms with Gasteiger partial charge in [-0.1, -0.05) is 0 Å². The lowest BCUT2D eigenvalue weighted by molar-refractivity contribution is -0.184. The van der Waals surface area contributed by atoms with Gasteiger partial charge in [0.25, 0.3) is 0 Å². The maximum absolute atomic E-state index is 5.62. The number of rotatable bonds is 1. The molecule has 70 valence electrons. The number of piperidine rings is 1. The predicted molar refractivity (Wildman–Crippen MR) is 45.9 cm³/mol. The number of nitrogens with one attached hydrogen (secondary N) is 1. The Labute approximate surface area is 73.4 Å². The Morgan fingerprint density at radius 1 is 1.33 bits per heavy atom. The maximum atomic E-state index is 5.62. The average molecular weight is 171 g/mol. The molecule has 2 rings (SSSR count). The maximum Gasteiger partial charge on any atom is 0.169 e. The van der Waals surface area contributed by atoms with Crippen LogP contribution >= 0.6 is 0 Å². The lowest BCUT2D eigenvalue weighted by Crippen LogP contribution is -2.44. The molecule has 3 heteroatoms. The predicted octanol–water partition coefficient (Wildman–Crippen LogP) is 0.749. The van der Waals surface area contributed by atoms with Crippen LogP contribution in [-0.4, -0.2) is 32.1 Å². The van der Waals surface area contributed by atoms with Crippen molar-refractivity contribution in [2.75, 3.05) is 26.3 Å². The van der Waals surface area contributed by atoms with Gasteiger partial charge >= 0.3 is 0 Å². The standard InChI is InChI=1S/C9H17NO2/c1-9(11-5-6-12-9)8-3-2-4-10-7-8/h8,10H,2-7H2,1H3/t8-/m0/s1. The molecule has 0 spiro atoms. The third-order valence-electron chi connectivity index (χ3n) is 2.90. The molecule has 1 N–H and O–H groups in total. The summed E-state index contributed by atoms with van der Waals surface area (Å²) in [5.74, 6) is 0.238. The summed E-state index contributed by atoms with van der Waals surface area (Å²) < 4.78 is 11.2. The van der Waals surface area contributed by atoms with Crippen molar-refractivity contribution in [2.24, 2.45) is 5.92 Å². The number of hydrogen-bond donors (Lipinski definition) is 1. The normalized spacial score (nSPS) is 35.2. The summed E-state index contributed by atoms with van der Waals surface area (Å²) in [6.45, 7) is 5.76. The van der Waals surface area contributed by atoms with Crippen LogP contribution in [-0.2, 0) is 9.47 Å². The summed E-state index contributed by atoms with van der Waals surface area (Å²) >= 11 is 0. The minimum absolute atomic E-state index is 0.298. The summed E-state index contributed by atoms with van der Waals surface area (Å²) in [4.78, 5) is 0. The van der Waals surface area contributed by atoms with Gasteiger partial charge in [0, 0.05) is 12.5 Å². The first-order valence-electron chi connectivity index (χ1n) is 4.80. The van der Waals surface area contributed by atoms with Crippen LogP contribution in [0.1, 0.15) is 19.8 Å². The van der Waals surface area contributed by atoms with Crippen LogP contribution in [0.25, 0.3) is 0 Å². The molecule has 0 aliphatic carbocycles. The van der Waals surface area contributed by atoms with Crippen LogP contribution in [0.5, 0.6) is 0 Å². The highest BCUT2D eigenvalue weighted by molar-refractivity contribution is 4.82. The fraction of sp³-hybridized carbons (Fsp3) is 1.00. The Kier molecular flexibility index (Phi) is 2.35. The summed E-state index contributed by atoms with van der Waals surface area (Å²) in [6, 6.07) is 0. The van der Waals surface area contributed by atoms with E-state index in [-0.39, 0.29) is 5.79 Å². The smallest absolute Gasteiger partial charge is 0.169 e. The Morgan fingerprint density at radius 3 is 2.67 bits per heavy atom. The van der Waals surface area contributed by atoms with E-state index in [0.29, 0.717) is 5.92 Å². The van der Waals surface area contributed by atoms with Gasteiger partial charge in [-0.3, -0.25) is 0 Å². The molecule has 2 heterocycles. The van der Waals surface area contributed by atoms with Gasteiger partial charge in [0.05, 0.1) is 13.2 Å². The van der Waals surface area contributed by atoms with Gasteiger partial charge in [-0.2, -0.15) is 0 Å². The van der Waals surface area contributed by atoms with Gasteiger partial charge in [-0.05, 0) is 26.3 Å². The van der Waals surface area contributed by atoms with Crippen LogP contribution in [0.15, 0.2) is 0 Å². The Morgan fingerprint density at radius 2 is 2.08 bits per heavy atom. The zero-order valence-corrected chi connectivity index (χ0v) is 7.64. The third-order valence-corrected chi connectivity index (χ3v) is 2.90. The topological polar surface area (TPSA) is 30.5 Å². The summed E-state index contributed by atoms with van der Waals surface area (Å²) in [5, 5.41) is 3.38. The number of ether oxygens (including phenoxy) is 2. The third kappa shape index (κ3) is 1.49. The fourth-order valence-corrected chi connectivity index (χ4v) is 2.07. The first kappa shape index (κ1) is 8.48. The molecule has 0 aromatic rings. The largest absolute Gasteiger partial charge is 0.347 e. The van der Waals surface area contributed by atoms with Crippen LogP contribution in [0.3, 0.4) is 0 Å². The average Bonchev–Trinajstić information content (AvgIpc) is 2.55. The van der Waals surface area contributed by atoms with Gasteiger partial charge in [-0.25, -0.2) is 0 Å². The van der Waals surface area contributed by atoms with Crippen molar-refractivity contribution in [1.82, 2.24) is 5.32 Å². The Hall–Kier alpha value is -0.120. The molecule has 0 aromatic carbocycles. The molecular formula is C9H17NO2. The van der Waals surface area contributed by atoms with Crippen LogP contribution in [0.2, 0.25) is 0 Å². The van der Waals surface area contributed by atoms with E-state index in [1.54, 1.807) is 0 Å². The summed E-state index contributed by atoms with van der Waals surface area (Å²) in [5.41, 5.74) is 0. The van der Waals surface area contributed by atoms with Crippen LogP contribution in [0, 0.1) is 5.92 Å². The molecule has 2 aliphatic rings. The fourth-order valence-electron chi connectivity index (χ4n) is 2.07. The van der Waals surface area contributed by atoms with E-state index < -0.39 is 0 Å². The lowest BCUT2D eigenvalue weighted by Gasteiger charge is -2.35. The van der Waals surface area contributed by atoms with E-state index in [0.717, 1.165) is 26.3 Å². The van der Waals surface area contributed by atoms with Gasteiger partial charge in [0.2, 0.25) is 0 Å². The van der Waals surface area contributed by atoms with Crippen molar-refractivity contribution in [3.8, 4) is 0 Å². The van der Waals surface area contributed by atoms with E-state index in [1.807, 2.05) is 0 Å². The van der Waals surface area contributed by atoms with E-state index in [2.05, 4.69) is 12.2 Å². The van der Waals surface area contributed by atoms with E-state index in [4.69, 9.17) is 9.47 Å². The van der Waals surface area contributed by atoms with Gasteiger partial charge < -0.3 is 14.8 Å². The highest BCUT2D eigenvalue weighted by Crippen LogP contribution is 2.31. The SMILES string of the molecule is CC1([C@H]2CCCNC2)OCCO1. The number of hydrogen-bond acceptors (Lipinski definition) is 3. The molecule has 3 nitrogen and oxygen atoms in total. The van der Waals surface area contributed by atoms with Crippen molar-refractivity contribution < 1.29 is 9.47 Å². The minimum atomic E-state index is -0.298. The molecule has 0 amide bonds. The molecule has 2 aliphatic heterocycles. The highest BCUT2D eigenvalue weighted by Gasteiger charge is 2.39. The Bertz CT molecular complexity index is 149. The van der Waals surface area contributed by atoms with Crippen molar-refractivity contribution in [3.63, 3.8) is 0 Å². The second-order valence-corrected chi connectivity index (χ2v) is 3.76. The second kappa shape index (κ2) is 3.32. The highest BCUT2D eigenvalue weighted by atomic mass is 16.7. The van der Waals surface area contributed by atoms with Gasteiger partial charge in [0.15, 0.2) is 5.79 Å². The van der Waals surface area contributed by atoms with E-state index >= 15 is 0 Å². The molecule has 12 heavy (non-hydrogen) atoms. The lowest BCUT2D eigenvalue weighted by atomic mass is 9.92. The molecule has 0 bridgehead atoms. The van der Waals surface area contributed by atoms with E-state index in [1.165, 1.54) is 12.8 Å². The van der Waals surface area contributed by atoms with Crippen molar-refractivity contribution in [3.05, 3.63) is 0 Å². The Balaban J connectivity index is 1.96.